The number of likely N-dealkylation sites (tertiary alicyclic amines) is 1. The Morgan fingerprint density at radius 1 is 1.23 bits per heavy atom. The van der Waals surface area contributed by atoms with E-state index in [1.807, 2.05) is 0 Å². The van der Waals surface area contributed by atoms with E-state index in [4.69, 9.17) is 0 Å². The summed E-state index contributed by atoms with van der Waals surface area (Å²) in [5.41, 5.74) is 1.57. The molecule has 0 bridgehead atoms. The second kappa shape index (κ2) is 8.20. The lowest BCUT2D eigenvalue weighted by Gasteiger charge is -2.32. The molecule has 4 rings (SSSR count). The molecule has 2 aromatic rings. The number of benzene rings is 1. The Morgan fingerprint density at radius 3 is 2.52 bits per heavy atom. The minimum absolute atomic E-state index is 0.0410. The number of hydrogen-bond acceptors (Lipinski definition) is 5. The average Bonchev–Trinajstić information content (AvgIpc) is 3.27. The summed E-state index contributed by atoms with van der Waals surface area (Å²) in [7, 11) is 1.75. The predicted molar refractivity (Wildman–Crippen MR) is 107 cm³/mol. The van der Waals surface area contributed by atoms with Crippen LogP contribution in [0, 0.1) is 29.9 Å². The van der Waals surface area contributed by atoms with Gasteiger partial charge in [0.1, 0.15) is 23.0 Å². The first kappa shape index (κ1) is 21.1. The van der Waals surface area contributed by atoms with E-state index in [1.165, 1.54) is 24.3 Å². The number of halogens is 2. The maximum absolute atomic E-state index is 13.3. The van der Waals surface area contributed by atoms with E-state index in [9.17, 15) is 18.4 Å². The molecule has 1 saturated heterocycles. The number of aromatic nitrogens is 2. The molecule has 1 atom stereocenters. The molecule has 164 valence electrons. The summed E-state index contributed by atoms with van der Waals surface area (Å²) in [5.74, 6) is -1.53. The average molecular weight is 430 g/mol. The fourth-order valence-electron chi connectivity index (χ4n) is 4.33. The van der Waals surface area contributed by atoms with Crippen LogP contribution in [0.2, 0.25) is 0 Å². The van der Waals surface area contributed by atoms with Crippen LogP contribution in [0.4, 0.5) is 8.78 Å². The molecule has 2 amide bonds. The van der Waals surface area contributed by atoms with Gasteiger partial charge in [0.25, 0.3) is 0 Å². The summed E-state index contributed by atoms with van der Waals surface area (Å²) in [6.07, 6.45) is 5.10. The molecule has 1 aliphatic heterocycles. The lowest BCUT2D eigenvalue weighted by Crippen LogP contribution is -2.40. The Labute approximate surface area is 178 Å². The van der Waals surface area contributed by atoms with E-state index in [2.05, 4.69) is 14.9 Å². The van der Waals surface area contributed by atoms with Gasteiger partial charge in [-0.25, -0.2) is 13.4 Å². The summed E-state index contributed by atoms with van der Waals surface area (Å²) < 4.78 is 31.2. The highest BCUT2D eigenvalue weighted by Gasteiger charge is 2.59. The Kier molecular flexibility index (Phi) is 5.60. The van der Waals surface area contributed by atoms with Gasteiger partial charge in [-0.2, -0.15) is 0 Å². The van der Waals surface area contributed by atoms with Crippen molar-refractivity contribution >= 4 is 17.9 Å². The number of aryl methyl sites for hydroxylation is 1. The largest absolute Gasteiger partial charge is 0.339 e. The molecule has 1 spiro atoms. The molecule has 1 saturated carbocycles. The SMILES string of the molecule is Cc1nonc1CN(C)C(=O)[C@@H]1CC12CCN(C(=O)/C=C/c1cc(F)cc(F)c1)CC2. The minimum atomic E-state index is -0.684. The number of rotatable bonds is 5. The van der Waals surface area contributed by atoms with Gasteiger partial charge in [0.2, 0.25) is 11.8 Å². The van der Waals surface area contributed by atoms with Gasteiger partial charge in [-0.15, -0.1) is 0 Å². The van der Waals surface area contributed by atoms with Gasteiger partial charge in [0.15, 0.2) is 0 Å². The van der Waals surface area contributed by atoms with Crippen molar-refractivity contribution in [2.75, 3.05) is 20.1 Å². The van der Waals surface area contributed by atoms with Crippen LogP contribution in [0.5, 0.6) is 0 Å². The van der Waals surface area contributed by atoms with Gasteiger partial charge in [0, 0.05) is 38.2 Å². The summed E-state index contributed by atoms with van der Waals surface area (Å²) in [4.78, 5) is 28.7. The Bertz CT molecular complexity index is 1010. The molecule has 1 aliphatic carbocycles. The van der Waals surface area contributed by atoms with E-state index >= 15 is 0 Å². The first-order valence-corrected chi connectivity index (χ1v) is 10.2. The molecular weight excluding hydrogens is 406 g/mol. The zero-order valence-corrected chi connectivity index (χ0v) is 17.5. The predicted octanol–water partition coefficient (Wildman–Crippen LogP) is 2.96. The topological polar surface area (TPSA) is 79.5 Å². The van der Waals surface area contributed by atoms with Crippen LogP contribution in [0.25, 0.3) is 6.08 Å². The fraction of sp³-hybridized carbons (Fsp3) is 0.455. The normalized spacial score (nSPS) is 19.7. The standard InChI is InChI=1S/C22H24F2N4O3/c1-14-19(26-31-25-14)13-27(2)21(30)18-12-22(18)5-7-28(8-6-22)20(29)4-3-15-9-16(23)11-17(24)10-15/h3-4,9-11,18H,5-8,12-13H2,1-2H3/b4-3+/t18-/m0/s1. The van der Waals surface area contributed by atoms with Crippen molar-refractivity contribution in [3.05, 3.63) is 52.9 Å². The van der Waals surface area contributed by atoms with Crippen molar-refractivity contribution in [3.8, 4) is 0 Å². The lowest BCUT2D eigenvalue weighted by molar-refractivity contribution is -0.133. The first-order chi connectivity index (χ1) is 14.8. The highest BCUT2D eigenvalue weighted by Crippen LogP contribution is 2.60. The first-order valence-electron chi connectivity index (χ1n) is 10.2. The number of carbonyl (C=O) groups is 2. The molecule has 1 aromatic carbocycles. The second-order valence-corrected chi connectivity index (χ2v) is 8.47. The minimum Gasteiger partial charge on any atom is -0.339 e. The van der Waals surface area contributed by atoms with Crippen LogP contribution in [0.3, 0.4) is 0 Å². The monoisotopic (exact) mass is 430 g/mol. The molecule has 0 radical (unpaired) electrons. The van der Waals surface area contributed by atoms with Crippen molar-refractivity contribution in [3.63, 3.8) is 0 Å². The zero-order chi connectivity index (χ0) is 22.2. The van der Waals surface area contributed by atoms with Crippen molar-refractivity contribution in [1.29, 1.82) is 0 Å². The number of amides is 2. The van der Waals surface area contributed by atoms with Crippen LogP contribution < -0.4 is 0 Å². The van der Waals surface area contributed by atoms with Crippen LogP contribution >= 0.6 is 0 Å². The van der Waals surface area contributed by atoms with E-state index in [-0.39, 0.29) is 23.1 Å². The summed E-state index contributed by atoms with van der Waals surface area (Å²) >= 11 is 0. The van der Waals surface area contributed by atoms with Crippen LogP contribution in [0.1, 0.15) is 36.2 Å². The third-order valence-electron chi connectivity index (χ3n) is 6.37. The highest BCUT2D eigenvalue weighted by atomic mass is 19.1. The van der Waals surface area contributed by atoms with Gasteiger partial charge >= 0.3 is 0 Å². The van der Waals surface area contributed by atoms with E-state index < -0.39 is 11.6 Å². The summed E-state index contributed by atoms with van der Waals surface area (Å²) in [6.45, 7) is 3.26. The number of nitrogens with zero attached hydrogens (tertiary/aromatic N) is 4. The molecule has 0 unspecified atom stereocenters. The van der Waals surface area contributed by atoms with Gasteiger partial charge in [-0.05, 0) is 55.4 Å². The molecule has 2 aliphatic rings. The molecule has 31 heavy (non-hydrogen) atoms. The number of piperidine rings is 1. The molecular formula is C22H24F2N4O3. The molecule has 7 nitrogen and oxygen atoms in total. The van der Waals surface area contributed by atoms with Gasteiger partial charge < -0.3 is 9.80 Å². The Balaban J connectivity index is 1.29. The maximum atomic E-state index is 13.3. The van der Waals surface area contributed by atoms with Gasteiger partial charge in [-0.3, -0.25) is 9.59 Å². The summed E-state index contributed by atoms with van der Waals surface area (Å²) in [5, 5.41) is 7.56. The van der Waals surface area contributed by atoms with E-state index in [0.717, 1.165) is 25.3 Å². The van der Waals surface area contributed by atoms with Crippen LogP contribution in [-0.4, -0.2) is 52.1 Å². The molecule has 2 fully saturated rings. The molecule has 2 heterocycles. The third kappa shape index (κ3) is 4.50. The van der Waals surface area contributed by atoms with Crippen LogP contribution in [0.15, 0.2) is 28.9 Å². The van der Waals surface area contributed by atoms with Crippen molar-refractivity contribution < 1.29 is 23.0 Å². The van der Waals surface area contributed by atoms with Crippen molar-refractivity contribution in [1.82, 2.24) is 20.1 Å². The smallest absolute Gasteiger partial charge is 0.246 e. The van der Waals surface area contributed by atoms with E-state index in [0.29, 0.717) is 36.6 Å². The molecule has 0 N–H and O–H groups in total. The fourth-order valence-corrected chi connectivity index (χ4v) is 4.33. The number of carbonyl (C=O) groups excluding carboxylic acids is 2. The van der Waals surface area contributed by atoms with Gasteiger partial charge in [0.05, 0.1) is 6.54 Å². The molecule has 9 heteroatoms. The highest BCUT2D eigenvalue weighted by molar-refractivity contribution is 5.92. The van der Waals surface area contributed by atoms with Crippen molar-refractivity contribution in [2.45, 2.75) is 32.7 Å². The van der Waals surface area contributed by atoms with Crippen LogP contribution in [-0.2, 0) is 16.1 Å². The second-order valence-electron chi connectivity index (χ2n) is 8.47. The quantitative estimate of drug-likeness (QED) is 0.682. The Morgan fingerprint density at radius 2 is 1.90 bits per heavy atom. The Hall–Kier alpha value is -3.10. The number of hydrogen-bond donors (Lipinski definition) is 0. The van der Waals surface area contributed by atoms with Crippen molar-refractivity contribution in [2.24, 2.45) is 11.3 Å². The summed E-state index contributed by atoms with van der Waals surface area (Å²) in [6, 6.07) is 3.13. The maximum Gasteiger partial charge on any atom is 0.246 e. The molecule has 1 aromatic heterocycles. The van der Waals surface area contributed by atoms with E-state index in [1.54, 1.807) is 23.8 Å². The van der Waals surface area contributed by atoms with Gasteiger partial charge in [-0.1, -0.05) is 10.3 Å². The lowest BCUT2D eigenvalue weighted by atomic mass is 9.90. The third-order valence-corrected chi connectivity index (χ3v) is 6.37. The zero-order valence-electron chi connectivity index (χ0n) is 17.5.